The average molecular weight is 257 g/mol. The summed E-state index contributed by atoms with van der Waals surface area (Å²) >= 11 is 3.36. The van der Waals surface area contributed by atoms with E-state index >= 15 is 0 Å². The quantitative estimate of drug-likeness (QED) is 0.880. The molecule has 1 aromatic rings. The van der Waals surface area contributed by atoms with Crippen molar-refractivity contribution < 1.29 is 0 Å². The molecule has 0 aliphatic rings. The highest BCUT2D eigenvalue weighted by Crippen LogP contribution is 2.10. The predicted molar refractivity (Wildman–Crippen MR) is 63.1 cm³/mol. The zero-order valence-electron chi connectivity index (χ0n) is 8.54. The van der Waals surface area contributed by atoms with Crippen molar-refractivity contribution in [2.45, 2.75) is 38.6 Å². The molecule has 0 spiro atoms. The van der Waals surface area contributed by atoms with Crippen LogP contribution in [0.15, 0.2) is 22.8 Å². The number of rotatable bonds is 5. The number of hydrogen-bond acceptors (Lipinski definition) is 2. The molecule has 0 radical (unpaired) electrons. The van der Waals surface area contributed by atoms with Gasteiger partial charge in [-0.3, -0.25) is 4.98 Å². The van der Waals surface area contributed by atoms with Crippen molar-refractivity contribution in [1.82, 2.24) is 4.98 Å². The molecule has 0 aromatic carbocycles. The van der Waals surface area contributed by atoms with Gasteiger partial charge in [-0.15, -0.1) is 0 Å². The van der Waals surface area contributed by atoms with Gasteiger partial charge in [0.2, 0.25) is 0 Å². The second-order valence-corrected chi connectivity index (χ2v) is 4.49. The molecule has 1 unspecified atom stereocenters. The smallest absolute Gasteiger partial charge is 0.0419 e. The Morgan fingerprint density at radius 2 is 2.29 bits per heavy atom. The Kier molecular flexibility index (Phi) is 5.12. The van der Waals surface area contributed by atoms with Crippen molar-refractivity contribution >= 4 is 15.9 Å². The van der Waals surface area contributed by atoms with Crippen LogP contribution in [0.1, 0.15) is 31.9 Å². The number of unbranched alkanes of at least 4 members (excludes halogenated alkanes) is 1. The minimum atomic E-state index is 0.253. The first-order valence-corrected chi connectivity index (χ1v) is 5.87. The molecule has 0 aliphatic carbocycles. The zero-order valence-corrected chi connectivity index (χ0v) is 10.1. The highest BCUT2D eigenvalue weighted by atomic mass is 79.9. The van der Waals surface area contributed by atoms with Gasteiger partial charge in [-0.25, -0.2) is 0 Å². The van der Waals surface area contributed by atoms with Crippen molar-refractivity contribution in [2.24, 2.45) is 5.73 Å². The molecule has 1 aromatic heterocycles. The summed E-state index contributed by atoms with van der Waals surface area (Å²) in [6, 6.07) is 4.29. The molecule has 78 valence electrons. The van der Waals surface area contributed by atoms with Crippen molar-refractivity contribution in [3.63, 3.8) is 0 Å². The maximum atomic E-state index is 5.98. The van der Waals surface area contributed by atoms with E-state index in [0.29, 0.717) is 0 Å². The van der Waals surface area contributed by atoms with E-state index in [1.165, 1.54) is 12.8 Å². The first kappa shape index (κ1) is 11.7. The van der Waals surface area contributed by atoms with Gasteiger partial charge < -0.3 is 5.73 Å². The fourth-order valence-corrected chi connectivity index (χ4v) is 1.60. The summed E-state index contributed by atoms with van der Waals surface area (Å²) in [6.45, 7) is 2.19. The van der Waals surface area contributed by atoms with Crippen LogP contribution in [-0.4, -0.2) is 11.0 Å². The molecule has 1 rings (SSSR count). The molecule has 0 amide bonds. The topological polar surface area (TPSA) is 38.9 Å². The second-order valence-electron chi connectivity index (χ2n) is 3.57. The lowest BCUT2D eigenvalue weighted by molar-refractivity contribution is 0.568. The molecule has 14 heavy (non-hydrogen) atoms. The molecular weight excluding hydrogens is 240 g/mol. The third-order valence-electron chi connectivity index (χ3n) is 2.19. The van der Waals surface area contributed by atoms with Crippen LogP contribution < -0.4 is 5.73 Å². The van der Waals surface area contributed by atoms with Gasteiger partial charge >= 0.3 is 0 Å². The molecule has 0 fully saturated rings. The molecular formula is C11H17BrN2. The van der Waals surface area contributed by atoms with Gasteiger partial charge in [0, 0.05) is 28.8 Å². The van der Waals surface area contributed by atoms with Crippen LogP contribution in [0.5, 0.6) is 0 Å². The van der Waals surface area contributed by atoms with Crippen LogP contribution in [0.25, 0.3) is 0 Å². The number of pyridine rings is 1. The van der Waals surface area contributed by atoms with Crippen LogP contribution >= 0.6 is 15.9 Å². The lowest BCUT2D eigenvalue weighted by Crippen LogP contribution is -2.23. The number of aromatic nitrogens is 1. The second kappa shape index (κ2) is 6.14. The molecule has 0 bridgehead atoms. The minimum absolute atomic E-state index is 0.253. The van der Waals surface area contributed by atoms with Gasteiger partial charge in [-0.05, 0) is 34.5 Å². The summed E-state index contributed by atoms with van der Waals surface area (Å²) in [6.07, 6.45) is 6.21. The molecule has 1 atom stereocenters. The lowest BCUT2D eigenvalue weighted by atomic mass is 10.1. The minimum Gasteiger partial charge on any atom is -0.327 e. The van der Waals surface area contributed by atoms with Crippen LogP contribution in [0.4, 0.5) is 0 Å². The third-order valence-corrected chi connectivity index (χ3v) is 2.66. The van der Waals surface area contributed by atoms with Crippen molar-refractivity contribution in [1.29, 1.82) is 0 Å². The summed E-state index contributed by atoms with van der Waals surface area (Å²) in [4.78, 5) is 4.30. The van der Waals surface area contributed by atoms with E-state index in [1.54, 1.807) is 0 Å². The van der Waals surface area contributed by atoms with Crippen molar-refractivity contribution in [2.75, 3.05) is 0 Å². The van der Waals surface area contributed by atoms with E-state index < -0.39 is 0 Å². The predicted octanol–water partition coefficient (Wildman–Crippen LogP) is 2.90. The Labute approximate surface area is 94.0 Å². The van der Waals surface area contributed by atoms with Crippen LogP contribution in [0, 0.1) is 0 Å². The highest BCUT2D eigenvalue weighted by molar-refractivity contribution is 9.10. The fraction of sp³-hybridized carbons (Fsp3) is 0.545. The summed E-state index contributed by atoms with van der Waals surface area (Å²) < 4.78 is 1.02. The molecule has 0 saturated carbocycles. The Bertz CT molecular complexity index is 258. The lowest BCUT2D eigenvalue weighted by Gasteiger charge is -2.09. The highest BCUT2D eigenvalue weighted by Gasteiger charge is 2.04. The number of nitrogens with zero attached hydrogens (tertiary/aromatic N) is 1. The van der Waals surface area contributed by atoms with E-state index in [0.717, 1.165) is 23.0 Å². The summed E-state index contributed by atoms with van der Waals surface area (Å²) in [5, 5.41) is 0. The Morgan fingerprint density at radius 1 is 1.50 bits per heavy atom. The van der Waals surface area contributed by atoms with E-state index in [9.17, 15) is 0 Å². The van der Waals surface area contributed by atoms with Gasteiger partial charge in [0.05, 0.1) is 0 Å². The number of nitrogens with two attached hydrogens (primary N) is 1. The Morgan fingerprint density at radius 3 is 2.86 bits per heavy atom. The normalized spacial score (nSPS) is 12.8. The summed E-state index contributed by atoms with van der Waals surface area (Å²) in [7, 11) is 0. The maximum Gasteiger partial charge on any atom is 0.0419 e. The van der Waals surface area contributed by atoms with Gasteiger partial charge in [-0.2, -0.15) is 0 Å². The van der Waals surface area contributed by atoms with Gasteiger partial charge in [-0.1, -0.05) is 19.8 Å². The van der Waals surface area contributed by atoms with Crippen molar-refractivity contribution in [3.8, 4) is 0 Å². The van der Waals surface area contributed by atoms with Crippen LogP contribution in [0.2, 0.25) is 0 Å². The third kappa shape index (κ3) is 4.20. The standard InChI is InChI=1S/C11H17BrN2/c1-2-3-4-10(13)7-11-6-5-9(12)8-14-11/h5-6,8,10H,2-4,7,13H2,1H3. The van der Waals surface area contributed by atoms with E-state index in [2.05, 4.69) is 27.8 Å². The van der Waals surface area contributed by atoms with E-state index in [1.807, 2.05) is 18.3 Å². The largest absolute Gasteiger partial charge is 0.327 e. The Balaban J connectivity index is 2.39. The van der Waals surface area contributed by atoms with Crippen molar-refractivity contribution in [3.05, 3.63) is 28.5 Å². The van der Waals surface area contributed by atoms with Gasteiger partial charge in [0.25, 0.3) is 0 Å². The first-order valence-electron chi connectivity index (χ1n) is 5.08. The summed E-state index contributed by atoms with van der Waals surface area (Å²) in [5.41, 5.74) is 7.06. The molecule has 2 nitrogen and oxygen atoms in total. The molecule has 3 heteroatoms. The zero-order chi connectivity index (χ0) is 10.4. The summed E-state index contributed by atoms with van der Waals surface area (Å²) in [5.74, 6) is 0. The van der Waals surface area contributed by atoms with E-state index in [4.69, 9.17) is 5.73 Å². The van der Waals surface area contributed by atoms with Gasteiger partial charge in [0.1, 0.15) is 0 Å². The SMILES string of the molecule is CCCCC(N)Cc1ccc(Br)cn1. The van der Waals surface area contributed by atoms with Crippen LogP contribution in [0.3, 0.4) is 0 Å². The monoisotopic (exact) mass is 256 g/mol. The molecule has 2 N–H and O–H groups in total. The fourth-order valence-electron chi connectivity index (χ4n) is 1.36. The maximum absolute atomic E-state index is 5.98. The number of halogens is 1. The van der Waals surface area contributed by atoms with Gasteiger partial charge in [0.15, 0.2) is 0 Å². The Hall–Kier alpha value is -0.410. The molecule has 0 saturated heterocycles. The molecule has 0 aliphatic heterocycles. The number of hydrogen-bond donors (Lipinski definition) is 1. The first-order chi connectivity index (χ1) is 6.72. The van der Waals surface area contributed by atoms with Crippen LogP contribution in [-0.2, 0) is 6.42 Å². The average Bonchev–Trinajstić information content (AvgIpc) is 2.18. The molecule has 1 heterocycles. The van der Waals surface area contributed by atoms with E-state index in [-0.39, 0.29) is 6.04 Å².